The molecule has 1 aromatic carbocycles. The van der Waals surface area contributed by atoms with Gasteiger partial charge in [0.2, 0.25) is 0 Å². The summed E-state index contributed by atoms with van der Waals surface area (Å²) in [5.41, 5.74) is 0.894. The van der Waals surface area contributed by atoms with Crippen LogP contribution in [0.3, 0.4) is 0 Å². The van der Waals surface area contributed by atoms with Gasteiger partial charge in [0.25, 0.3) is 0 Å². The van der Waals surface area contributed by atoms with E-state index in [1.54, 1.807) is 7.11 Å². The number of hydrogen-bond acceptors (Lipinski definition) is 3. The molecule has 1 fully saturated rings. The summed E-state index contributed by atoms with van der Waals surface area (Å²) in [5.74, 6) is 0.799. The van der Waals surface area contributed by atoms with Crippen LogP contribution >= 0.6 is 12.2 Å². The maximum atomic E-state index is 5.31. The number of hydrogen-bond donors (Lipinski definition) is 2. The van der Waals surface area contributed by atoms with Crippen LogP contribution in [0.15, 0.2) is 24.3 Å². The van der Waals surface area contributed by atoms with Gasteiger partial charge in [-0.05, 0) is 50.3 Å². The van der Waals surface area contributed by atoms with E-state index in [4.69, 9.17) is 17.0 Å². The lowest BCUT2D eigenvalue weighted by Gasteiger charge is -2.26. The molecule has 1 aromatic rings. The molecule has 1 saturated heterocycles. The van der Waals surface area contributed by atoms with Crippen molar-refractivity contribution in [1.29, 1.82) is 0 Å². The fourth-order valence-corrected chi connectivity index (χ4v) is 2.64. The lowest BCUT2D eigenvalue weighted by Crippen LogP contribution is -2.39. The molecule has 20 heavy (non-hydrogen) atoms. The van der Waals surface area contributed by atoms with Crippen LogP contribution in [0.25, 0.3) is 0 Å². The van der Waals surface area contributed by atoms with Crippen LogP contribution in [0, 0.1) is 0 Å². The van der Waals surface area contributed by atoms with E-state index >= 15 is 0 Å². The molecule has 0 aromatic heterocycles. The predicted molar refractivity (Wildman–Crippen MR) is 87.5 cm³/mol. The number of nitrogens with one attached hydrogen (secondary N) is 2. The molecule has 0 saturated carbocycles. The van der Waals surface area contributed by atoms with Crippen molar-refractivity contribution in [3.63, 3.8) is 0 Å². The van der Waals surface area contributed by atoms with Crippen LogP contribution in [-0.4, -0.2) is 43.3 Å². The van der Waals surface area contributed by atoms with Crippen molar-refractivity contribution < 1.29 is 4.74 Å². The van der Waals surface area contributed by atoms with Gasteiger partial charge < -0.3 is 20.3 Å². The van der Waals surface area contributed by atoms with E-state index in [2.05, 4.69) is 15.5 Å². The third kappa shape index (κ3) is 4.65. The topological polar surface area (TPSA) is 36.5 Å². The Morgan fingerprint density at radius 2 is 2.00 bits per heavy atom. The molecule has 110 valence electrons. The smallest absolute Gasteiger partial charge is 0.170 e. The number of likely N-dealkylation sites (tertiary alicyclic amines) is 1. The lowest BCUT2D eigenvalue weighted by molar-refractivity contribution is 0.232. The van der Waals surface area contributed by atoms with Gasteiger partial charge in [-0.2, -0.15) is 0 Å². The van der Waals surface area contributed by atoms with Gasteiger partial charge in [0.15, 0.2) is 5.11 Å². The summed E-state index contributed by atoms with van der Waals surface area (Å²) < 4.78 is 5.29. The summed E-state index contributed by atoms with van der Waals surface area (Å²) in [7, 11) is 1.66. The largest absolute Gasteiger partial charge is 0.495 e. The van der Waals surface area contributed by atoms with E-state index in [0.29, 0.717) is 5.11 Å². The van der Waals surface area contributed by atoms with Gasteiger partial charge >= 0.3 is 0 Å². The average molecular weight is 293 g/mol. The standard InChI is InChI=1S/C15H23N3OS/c1-19-14-8-4-3-7-13(14)17-15(20)16-9-12-18-10-5-2-6-11-18/h3-4,7-8H,2,5-6,9-12H2,1H3,(H2,16,17,20). The van der Waals surface area contributed by atoms with Crippen molar-refractivity contribution in [1.82, 2.24) is 10.2 Å². The Bertz CT molecular complexity index is 433. The zero-order valence-corrected chi connectivity index (χ0v) is 12.8. The summed E-state index contributed by atoms with van der Waals surface area (Å²) in [6, 6.07) is 7.77. The number of ether oxygens (including phenoxy) is 1. The Morgan fingerprint density at radius 3 is 2.75 bits per heavy atom. The van der Waals surface area contributed by atoms with Crippen LogP contribution < -0.4 is 15.4 Å². The predicted octanol–water partition coefficient (Wildman–Crippen LogP) is 2.47. The zero-order chi connectivity index (χ0) is 14.2. The van der Waals surface area contributed by atoms with Crippen molar-refractivity contribution in [2.24, 2.45) is 0 Å². The van der Waals surface area contributed by atoms with Crippen molar-refractivity contribution in [3.8, 4) is 5.75 Å². The Balaban J connectivity index is 1.72. The molecule has 0 amide bonds. The molecule has 1 aliphatic rings. The van der Waals surface area contributed by atoms with Crippen LogP contribution in [0.5, 0.6) is 5.75 Å². The van der Waals surface area contributed by atoms with Crippen molar-refractivity contribution in [2.45, 2.75) is 19.3 Å². The number of thiocarbonyl (C=S) groups is 1. The van der Waals surface area contributed by atoms with E-state index in [-0.39, 0.29) is 0 Å². The van der Waals surface area contributed by atoms with Crippen molar-refractivity contribution in [2.75, 3.05) is 38.6 Å². The van der Waals surface area contributed by atoms with Crippen molar-refractivity contribution in [3.05, 3.63) is 24.3 Å². The first kappa shape index (κ1) is 15.1. The highest BCUT2D eigenvalue weighted by atomic mass is 32.1. The second kappa shape index (κ2) is 8.07. The minimum absolute atomic E-state index is 0.645. The normalized spacial score (nSPS) is 15.7. The molecule has 4 nitrogen and oxygen atoms in total. The number of rotatable bonds is 5. The van der Waals surface area contributed by atoms with Gasteiger partial charge in [0.1, 0.15) is 5.75 Å². The number of anilines is 1. The Morgan fingerprint density at radius 1 is 1.25 bits per heavy atom. The number of methoxy groups -OCH3 is 1. The zero-order valence-electron chi connectivity index (χ0n) is 12.0. The molecular weight excluding hydrogens is 270 g/mol. The third-order valence-electron chi connectivity index (χ3n) is 3.52. The summed E-state index contributed by atoms with van der Waals surface area (Å²) in [6.45, 7) is 4.36. The highest BCUT2D eigenvalue weighted by Gasteiger charge is 2.09. The molecule has 0 radical (unpaired) electrons. The van der Waals surface area contributed by atoms with E-state index in [9.17, 15) is 0 Å². The first-order valence-electron chi connectivity index (χ1n) is 7.20. The second-order valence-electron chi connectivity index (χ2n) is 4.98. The monoisotopic (exact) mass is 293 g/mol. The van der Waals surface area contributed by atoms with Gasteiger partial charge in [-0.3, -0.25) is 0 Å². The van der Waals surface area contributed by atoms with Crippen LogP contribution in [0.1, 0.15) is 19.3 Å². The molecule has 1 aliphatic heterocycles. The van der Waals surface area contributed by atoms with Gasteiger partial charge in [-0.25, -0.2) is 0 Å². The molecule has 0 aliphatic carbocycles. The number of para-hydroxylation sites is 2. The Labute approximate surface area is 126 Å². The highest BCUT2D eigenvalue weighted by molar-refractivity contribution is 7.80. The molecule has 0 bridgehead atoms. The average Bonchev–Trinajstić information content (AvgIpc) is 2.49. The molecule has 2 N–H and O–H groups in total. The number of piperidine rings is 1. The molecular formula is C15H23N3OS. The fourth-order valence-electron chi connectivity index (χ4n) is 2.42. The van der Waals surface area contributed by atoms with E-state index in [0.717, 1.165) is 24.5 Å². The van der Waals surface area contributed by atoms with Gasteiger partial charge in [-0.15, -0.1) is 0 Å². The summed E-state index contributed by atoms with van der Waals surface area (Å²) >= 11 is 5.31. The second-order valence-corrected chi connectivity index (χ2v) is 5.39. The summed E-state index contributed by atoms with van der Waals surface area (Å²) in [4.78, 5) is 2.49. The minimum Gasteiger partial charge on any atom is -0.495 e. The molecule has 2 rings (SSSR count). The Kier molecular flexibility index (Phi) is 6.08. The third-order valence-corrected chi connectivity index (χ3v) is 3.76. The SMILES string of the molecule is COc1ccccc1NC(=S)NCCN1CCCCC1. The summed E-state index contributed by atoms with van der Waals surface area (Å²) in [5, 5.41) is 7.07. The van der Waals surface area contributed by atoms with E-state index < -0.39 is 0 Å². The van der Waals surface area contributed by atoms with E-state index in [1.807, 2.05) is 24.3 Å². The molecule has 0 unspecified atom stereocenters. The quantitative estimate of drug-likeness (QED) is 0.816. The number of nitrogens with zero attached hydrogens (tertiary/aromatic N) is 1. The van der Waals surface area contributed by atoms with Gasteiger partial charge in [0.05, 0.1) is 12.8 Å². The fraction of sp³-hybridized carbons (Fsp3) is 0.533. The minimum atomic E-state index is 0.645. The first-order chi connectivity index (χ1) is 9.79. The molecule has 1 heterocycles. The summed E-state index contributed by atoms with van der Waals surface area (Å²) in [6.07, 6.45) is 4.02. The highest BCUT2D eigenvalue weighted by Crippen LogP contribution is 2.22. The first-order valence-corrected chi connectivity index (χ1v) is 7.60. The lowest BCUT2D eigenvalue weighted by atomic mass is 10.1. The van der Waals surface area contributed by atoms with Crippen LogP contribution in [0.4, 0.5) is 5.69 Å². The van der Waals surface area contributed by atoms with Gasteiger partial charge in [0, 0.05) is 13.1 Å². The number of benzene rings is 1. The van der Waals surface area contributed by atoms with Crippen LogP contribution in [-0.2, 0) is 0 Å². The van der Waals surface area contributed by atoms with Crippen LogP contribution in [0.2, 0.25) is 0 Å². The molecule has 5 heteroatoms. The van der Waals surface area contributed by atoms with Gasteiger partial charge in [-0.1, -0.05) is 18.6 Å². The maximum absolute atomic E-state index is 5.31. The maximum Gasteiger partial charge on any atom is 0.170 e. The Hall–Kier alpha value is -1.33. The van der Waals surface area contributed by atoms with Crippen molar-refractivity contribution >= 4 is 23.0 Å². The molecule has 0 atom stereocenters. The van der Waals surface area contributed by atoms with E-state index in [1.165, 1.54) is 32.4 Å². The molecule has 0 spiro atoms.